The van der Waals surface area contributed by atoms with Gasteiger partial charge in [-0.15, -0.1) is 0 Å². The molecule has 1 aromatic heterocycles. The lowest BCUT2D eigenvalue weighted by atomic mass is 10.2. The summed E-state index contributed by atoms with van der Waals surface area (Å²) in [4.78, 5) is 7.87. The molecule has 94 valence electrons. The van der Waals surface area contributed by atoms with Crippen LogP contribution in [-0.2, 0) is 0 Å². The first kappa shape index (κ1) is 12.1. The van der Waals surface area contributed by atoms with Gasteiger partial charge >= 0.3 is 0 Å². The van der Waals surface area contributed by atoms with E-state index in [-0.39, 0.29) is 5.69 Å². The number of methoxy groups -OCH3 is 1. The van der Waals surface area contributed by atoms with Crippen molar-refractivity contribution < 1.29 is 9.13 Å². The van der Waals surface area contributed by atoms with Crippen molar-refractivity contribution in [2.45, 2.75) is 6.92 Å². The first-order chi connectivity index (χ1) is 8.61. The van der Waals surface area contributed by atoms with Crippen LogP contribution in [0.15, 0.2) is 24.5 Å². The zero-order chi connectivity index (χ0) is 13.1. The van der Waals surface area contributed by atoms with Gasteiger partial charge in [0.2, 0.25) is 0 Å². The van der Waals surface area contributed by atoms with Crippen LogP contribution in [0.5, 0.6) is 5.75 Å². The van der Waals surface area contributed by atoms with Gasteiger partial charge in [0.15, 0.2) is 0 Å². The van der Waals surface area contributed by atoms with Gasteiger partial charge in [-0.2, -0.15) is 0 Å². The molecule has 0 saturated carbocycles. The van der Waals surface area contributed by atoms with E-state index in [4.69, 9.17) is 10.5 Å². The molecular formula is C12H13FN4O. The lowest BCUT2D eigenvalue weighted by molar-refractivity contribution is 0.414. The minimum atomic E-state index is -0.396. The number of nitrogens with one attached hydrogen (secondary N) is 1. The van der Waals surface area contributed by atoms with E-state index in [2.05, 4.69) is 15.3 Å². The normalized spacial score (nSPS) is 10.2. The maximum absolute atomic E-state index is 13.6. The molecule has 0 bridgehead atoms. The number of rotatable bonds is 3. The molecule has 0 saturated heterocycles. The summed E-state index contributed by atoms with van der Waals surface area (Å²) in [6.45, 7) is 1.76. The Morgan fingerprint density at radius 3 is 2.83 bits per heavy atom. The van der Waals surface area contributed by atoms with Crippen LogP contribution in [0.4, 0.5) is 21.7 Å². The van der Waals surface area contributed by atoms with Crippen LogP contribution in [0.3, 0.4) is 0 Å². The Labute approximate surface area is 104 Å². The molecule has 0 spiro atoms. The number of nitrogen functional groups attached to an aromatic ring is 1. The van der Waals surface area contributed by atoms with E-state index >= 15 is 0 Å². The Morgan fingerprint density at radius 2 is 2.11 bits per heavy atom. The summed E-state index contributed by atoms with van der Waals surface area (Å²) < 4.78 is 18.7. The summed E-state index contributed by atoms with van der Waals surface area (Å²) in [6.07, 6.45) is 1.32. The molecule has 0 aliphatic heterocycles. The number of nitrogens with zero attached hydrogens (tertiary/aromatic N) is 2. The number of ether oxygens (including phenoxy) is 1. The second-order valence-electron chi connectivity index (χ2n) is 3.70. The molecule has 0 aliphatic rings. The summed E-state index contributed by atoms with van der Waals surface area (Å²) in [7, 11) is 1.52. The summed E-state index contributed by atoms with van der Waals surface area (Å²) >= 11 is 0. The number of nitrogens with two attached hydrogens (primary N) is 1. The van der Waals surface area contributed by atoms with Crippen LogP contribution < -0.4 is 15.8 Å². The number of aromatic nitrogens is 2. The second-order valence-corrected chi connectivity index (χ2v) is 3.70. The molecule has 0 atom stereocenters. The van der Waals surface area contributed by atoms with Crippen LogP contribution in [0.25, 0.3) is 0 Å². The largest absolute Gasteiger partial charge is 0.497 e. The van der Waals surface area contributed by atoms with Crippen molar-refractivity contribution in [3.05, 3.63) is 35.9 Å². The van der Waals surface area contributed by atoms with Gasteiger partial charge in [0, 0.05) is 11.6 Å². The topological polar surface area (TPSA) is 73.1 Å². The Morgan fingerprint density at radius 1 is 1.33 bits per heavy atom. The molecule has 2 aromatic rings. The average molecular weight is 248 g/mol. The molecule has 1 aromatic carbocycles. The first-order valence-corrected chi connectivity index (χ1v) is 5.29. The summed E-state index contributed by atoms with van der Waals surface area (Å²) in [5.74, 6) is 0.983. The Balaban J connectivity index is 2.36. The van der Waals surface area contributed by atoms with Gasteiger partial charge < -0.3 is 15.8 Å². The van der Waals surface area contributed by atoms with E-state index in [0.29, 0.717) is 22.9 Å². The third-order valence-electron chi connectivity index (χ3n) is 2.55. The van der Waals surface area contributed by atoms with Gasteiger partial charge in [0.25, 0.3) is 0 Å². The second kappa shape index (κ2) is 4.87. The van der Waals surface area contributed by atoms with Crippen molar-refractivity contribution in [2.75, 3.05) is 18.2 Å². The molecule has 0 unspecified atom stereocenters. The van der Waals surface area contributed by atoms with E-state index in [1.807, 2.05) is 0 Å². The highest BCUT2D eigenvalue weighted by atomic mass is 19.1. The van der Waals surface area contributed by atoms with Gasteiger partial charge in [-0.1, -0.05) is 0 Å². The van der Waals surface area contributed by atoms with E-state index in [1.54, 1.807) is 19.1 Å². The maximum Gasteiger partial charge on any atom is 0.146 e. The van der Waals surface area contributed by atoms with Crippen molar-refractivity contribution in [1.29, 1.82) is 0 Å². The molecule has 0 fully saturated rings. The quantitative estimate of drug-likeness (QED) is 0.871. The van der Waals surface area contributed by atoms with E-state index in [1.165, 1.54) is 19.5 Å². The fraction of sp³-hybridized carbons (Fsp3) is 0.167. The van der Waals surface area contributed by atoms with E-state index in [9.17, 15) is 4.39 Å². The average Bonchev–Trinajstić information content (AvgIpc) is 2.37. The Kier molecular flexibility index (Phi) is 3.27. The van der Waals surface area contributed by atoms with E-state index in [0.717, 1.165) is 0 Å². The minimum absolute atomic E-state index is 0.274. The summed E-state index contributed by atoms with van der Waals surface area (Å²) in [6, 6.07) is 4.41. The number of anilines is 3. The van der Waals surface area contributed by atoms with Gasteiger partial charge in [-0.3, -0.25) is 0 Å². The van der Waals surface area contributed by atoms with Gasteiger partial charge in [0.1, 0.15) is 29.5 Å². The SMILES string of the molecule is COc1ccc(F)c(Nc2ncnc(N)c2C)c1. The van der Waals surface area contributed by atoms with Crippen molar-refractivity contribution in [3.63, 3.8) is 0 Å². The highest BCUT2D eigenvalue weighted by Gasteiger charge is 2.08. The Hall–Kier alpha value is -2.37. The maximum atomic E-state index is 13.6. The van der Waals surface area contributed by atoms with Crippen molar-refractivity contribution in [2.24, 2.45) is 0 Å². The molecule has 0 radical (unpaired) electrons. The van der Waals surface area contributed by atoms with E-state index < -0.39 is 5.82 Å². The van der Waals surface area contributed by atoms with Crippen molar-refractivity contribution in [1.82, 2.24) is 9.97 Å². The van der Waals surface area contributed by atoms with Crippen LogP contribution >= 0.6 is 0 Å². The fourth-order valence-electron chi connectivity index (χ4n) is 1.44. The van der Waals surface area contributed by atoms with Crippen molar-refractivity contribution >= 4 is 17.3 Å². The van der Waals surface area contributed by atoms with Crippen LogP contribution in [0.2, 0.25) is 0 Å². The lowest BCUT2D eigenvalue weighted by Crippen LogP contribution is -2.03. The molecule has 2 rings (SSSR count). The molecule has 0 aliphatic carbocycles. The summed E-state index contributed by atoms with van der Waals surface area (Å²) in [5.41, 5.74) is 6.60. The number of hydrogen-bond donors (Lipinski definition) is 2. The van der Waals surface area contributed by atoms with Crippen LogP contribution in [0.1, 0.15) is 5.56 Å². The first-order valence-electron chi connectivity index (χ1n) is 5.29. The Bertz CT molecular complexity index is 574. The lowest BCUT2D eigenvalue weighted by Gasteiger charge is -2.11. The third-order valence-corrected chi connectivity index (χ3v) is 2.55. The van der Waals surface area contributed by atoms with Gasteiger partial charge in [-0.05, 0) is 19.1 Å². The minimum Gasteiger partial charge on any atom is -0.497 e. The molecule has 3 N–H and O–H groups in total. The molecular weight excluding hydrogens is 235 g/mol. The zero-order valence-corrected chi connectivity index (χ0v) is 10.1. The number of benzene rings is 1. The molecule has 18 heavy (non-hydrogen) atoms. The monoisotopic (exact) mass is 248 g/mol. The predicted molar refractivity (Wildman–Crippen MR) is 67.4 cm³/mol. The third kappa shape index (κ3) is 2.32. The smallest absolute Gasteiger partial charge is 0.146 e. The molecule has 1 heterocycles. The van der Waals surface area contributed by atoms with Gasteiger partial charge in [-0.25, -0.2) is 14.4 Å². The molecule has 0 amide bonds. The van der Waals surface area contributed by atoms with Crippen molar-refractivity contribution in [3.8, 4) is 5.75 Å². The van der Waals surface area contributed by atoms with Gasteiger partial charge in [0.05, 0.1) is 12.8 Å². The number of hydrogen-bond acceptors (Lipinski definition) is 5. The molecule has 6 heteroatoms. The predicted octanol–water partition coefficient (Wildman–Crippen LogP) is 2.26. The highest BCUT2D eigenvalue weighted by molar-refractivity contribution is 5.64. The standard InChI is InChI=1S/C12H13FN4O/c1-7-11(14)15-6-16-12(7)17-10-5-8(18-2)3-4-9(10)13/h3-6H,1-2H3,(H3,14,15,16,17). The highest BCUT2D eigenvalue weighted by Crippen LogP contribution is 2.26. The van der Waals surface area contributed by atoms with Crippen LogP contribution in [-0.4, -0.2) is 17.1 Å². The van der Waals surface area contributed by atoms with Crippen LogP contribution in [0, 0.1) is 12.7 Å². The summed E-state index contributed by atoms with van der Waals surface area (Å²) in [5, 5.41) is 2.87. The number of halogens is 1. The zero-order valence-electron chi connectivity index (χ0n) is 10.1. The fourth-order valence-corrected chi connectivity index (χ4v) is 1.44. The molecule has 5 nitrogen and oxygen atoms in total.